The molecule has 0 aliphatic carbocycles. The maximum absolute atomic E-state index is 10.6. The number of hydrogen-bond acceptors (Lipinski definition) is 4. The Morgan fingerprint density at radius 1 is 1.21 bits per heavy atom. The summed E-state index contributed by atoms with van der Waals surface area (Å²) in [4.78, 5) is 10.2. The smallest absolute Gasteiger partial charge is 0.271 e. The first-order chi connectivity index (χ1) is 9.15. The number of hydrogen-bond donors (Lipinski definition) is 1. The number of nitrogens with one attached hydrogen (secondary N) is 1. The van der Waals surface area contributed by atoms with Crippen molar-refractivity contribution < 1.29 is 4.92 Å². The Kier molecular flexibility index (Phi) is 4.25. The quantitative estimate of drug-likeness (QED) is 0.529. The van der Waals surface area contributed by atoms with E-state index in [-0.39, 0.29) is 5.69 Å². The predicted molar refractivity (Wildman–Crippen MR) is 78.5 cm³/mol. The van der Waals surface area contributed by atoms with Gasteiger partial charge in [0.2, 0.25) is 0 Å². The van der Waals surface area contributed by atoms with E-state index in [4.69, 9.17) is 0 Å². The van der Waals surface area contributed by atoms with Crippen LogP contribution in [0.3, 0.4) is 0 Å². The van der Waals surface area contributed by atoms with Gasteiger partial charge in [0, 0.05) is 16.6 Å². The second kappa shape index (κ2) is 6.10. The van der Waals surface area contributed by atoms with Crippen molar-refractivity contribution >= 4 is 33.5 Å². The third kappa shape index (κ3) is 3.89. The Morgan fingerprint density at radius 2 is 2.00 bits per heavy atom. The fourth-order valence-corrected chi connectivity index (χ4v) is 1.87. The van der Waals surface area contributed by atoms with Crippen molar-refractivity contribution in [1.82, 2.24) is 0 Å². The first-order valence-electron chi connectivity index (χ1n) is 5.44. The van der Waals surface area contributed by atoms with Gasteiger partial charge in [-0.2, -0.15) is 5.10 Å². The number of benzene rings is 2. The molecule has 0 aromatic heterocycles. The standard InChI is InChI=1S/C13H10BrN3O2/c14-11-4-1-3-10(7-11)9-15-16-12-5-2-6-13(8-12)17(18)19/h1-9,16H/b15-9+. The van der Waals surface area contributed by atoms with E-state index < -0.39 is 4.92 Å². The number of halogens is 1. The molecule has 0 heterocycles. The molecule has 2 aromatic rings. The molecule has 19 heavy (non-hydrogen) atoms. The molecule has 1 N–H and O–H groups in total. The minimum absolute atomic E-state index is 0.0302. The van der Waals surface area contributed by atoms with Crippen molar-refractivity contribution in [2.24, 2.45) is 5.10 Å². The average Bonchev–Trinajstić information content (AvgIpc) is 2.39. The molecule has 0 saturated carbocycles. The van der Waals surface area contributed by atoms with E-state index in [1.54, 1.807) is 18.3 Å². The van der Waals surface area contributed by atoms with Gasteiger partial charge in [-0.3, -0.25) is 15.5 Å². The number of nitro groups is 1. The Labute approximate surface area is 118 Å². The van der Waals surface area contributed by atoms with Crippen molar-refractivity contribution in [1.29, 1.82) is 0 Å². The maximum Gasteiger partial charge on any atom is 0.271 e. The number of anilines is 1. The van der Waals surface area contributed by atoms with Crippen molar-refractivity contribution in [3.05, 3.63) is 68.7 Å². The van der Waals surface area contributed by atoms with Crippen LogP contribution in [-0.4, -0.2) is 11.1 Å². The highest BCUT2D eigenvalue weighted by atomic mass is 79.9. The third-order valence-electron chi connectivity index (χ3n) is 2.31. The number of hydrazone groups is 1. The van der Waals surface area contributed by atoms with Gasteiger partial charge < -0.3 is 0 Å². The van der Waals surface area contributed by atoms with Crippen molar-refractivity contribution in [2.75, 3.05) is 5.43 Å². The van der Waals surface area contributed by atoms with Crippen LogP contribution < -0.4 is 5.43 Å². The summed E-state index contributed by atoms with van der Waals surface area (Å²) in [5.41, 5.74) is 4.28. The van der Waals surface area contributed by atoms with E-state index in [1.165, 1.54) is 12.1 Å². The van der Waals surface area contributed by atoms with Gasteiger partial charge in [0.05, 0.1) is 16.8 Å². The Morgan fingerprint density at radius 3 is 2.74 bits per heavy atom. The molecule has 0 amide bonds. The highest BCUT2D eigenvalue weighted by Crippen LogP contribution is 2.17. The maximum atomic E-state index is 10.6. The van der Waals surface area contributed by atoms with Gasteiger partial charge in [0.15, 0.2) is 0 Å². The van der Waals surface area contributed by atoms with Gasteiger partial charge in [0.25, 0.3) is 5.69 Å². The molecular weight excluding hydrogens is 310 g/mol. The summed E-state index contributed by atoms with van der Waals surface area (Å²) in [6.07, 6.45) is 1.64. The van der Waals surface area contributed by atoms with Crippen LogP contribution in [0.2, 0.25) is 0 Å². The first-order valence-corrected chi connectivity index (χ1v) is 6.23. The Hall–Kier alpha value is -2.21. The summed E-state index contributed by atoms with van der Waals surface area (Å²) >= 11 is 3.37. The number of non-ortho nitro benzene ring substituents is 1. The van der Waals surface area contributed by atoms with Crippen molar-refractivity contribution in [3.8, 4) is 0 Å². The fraction of sp³-hybridized carbons (Fsp3) is 0. The van der Waals surface area contributed by atoms with Crippen LogP contribution >= 0.6 is 15.9 Å². The van der Waals surface area contributed by atoms with Gasteiger partial charge >= 0.3 is 0 Å². The van der Waals surface area contributed by atoms with Gasteiger partial charge in [-0.25, -0.2) is 0 Å². The summed E-state index contributed by atoms with van der Waals surface area (Å²) in [6.45, 7) is 0. The molecule has 0 spiro atoms. The van der Waals surface area contributed by atoms with Gasteiger partial charge in [-0.1, -0.05) is 34.1 Å². The first kappa shape index (κ1) is 13.2. The topological polar surface area (TPSA) is 67.5 Å². The number of rotatable bonds is 4. The van der Waals surface area contributed by atoms with Crippen LogP contribution in [0, 0.1) is 10.1 Å². The molecule has 0 aliphatic heterocycles. The zero-order chi connectivity index (χ0) is 13.7. The zero-order valence-electron chi connectivity index (χ0n) is 9.79. The van der Waals surface area contributed by atoms with Crippen LogP contribution in [0.1, 0.15) is 5.56 Å². The molecule has 0 atom stereocenters. The molecule has 2 rings (SSSR count). The Balaban J connectivity index is 2.06. The lowest BCUT2D eigenvalue weighted by Gasteiger charge is -1.99. The predicted octanol–water partition coefficient (Wildman–Crippen LogP) is 3.80. The lowest BCUT2D eigenvalue weighted by molar-refractivity contribution is -0.384. The van der Waals surface area contributed by atoms with E-state index in [2.05, 4.69) is 26.5 Å². The SMILES string of the molecule is O=[N+]([O-])c1cccc(N/N=C/c2cccc(Br)c2)c1. The van der Waals surface area contributed by atoms with E-state index in [0.717, 1.165) is 10.0 Å². The third-order valence-corrected chi connectivity index (χ3v) is 2.81. The van der Waals surface area contributed by atoms with E-state index in [9.17, 15) is 10.1 Å². The fourth-order valence-electron chi connectivity index (χ4n) is 1.46. The van der Waals surface area contributed by atoms with Crippen molar-refractivity contribution in [2.45, 2.75) is 0 Å². The summed E-state index contributed by atoms with van der Waals surface area (Å²) in [5.74, 6) is 0. The van der Waals surface area contributed by atoms with E-state index in [1.807, 2.05) is 24.3 Å². The van der Waals surface area contributed by atoms with Gasteiger partial charge in [0.1, 0.15) is 0 Å². The molecule has 96 valence electrons. The molecule has 0 fully saturated rings. The molecule has 0 saturated heterocycles. The monoisotopic (exact) mass is 319 g/mol. The highest BCUT2D eigenvalue weighted by Gasteiger charge is 2.04. The van der Waals surface area contributed by atoms with Gasteiger partial charge in [-0.15, -0.1) is 0 Å². The van der Waals surface area contributed by atoms with Crippen LogP contribution in [0.4, 0.5) is 11.4 Å². The normalized spacial score (nSPS) is 10.6. The van der Waals surface area contributed by atoms with E-state index in [0.29, 0.717) is 5.69 Å². The van der Waals surface area contributed by atoms with Crippen LogP contribution in [0.25, 0.3) is 0 Å². The van der Waals surface area contributed by atoms with Crippen LogP contribution in [-0.2, 0) is 0 Å². The minimum atomic E-state index is -0.441. The molecule has 0 bridgehead atoms. The molecular formula is C13H10BrN3O2. The molecule has 0 aliphatic rings. The summed E-state index contributed by atoms with van der Waals surface area (Å²) < 4.78 is 0.965. The average molecular weight is 320 g/mol. The largest absolute Gasteiger partial charge is 0.278 e. The van der Waals surface area contributed by atoms with Crippen LogP contribution in [0.15, 0.2) is 58.1 Å². The molecule has 6 heteroatoms. The second-order valence-corrected chi connectivity index (χ2v) is 4.65. The summed E-state index contributed by atoms with van der Waals surface area (Å²) in [7, 11) is 0. The van der Waals surface area contributed by atoms with E-state index >= 15 is 0 Å². The number of nitrogens with zero attached hydrogens (tertiary/aromatic N) is 2. The molecule has 0 unspecified atom stereocenters. The summed E-state index contributed by atoms with van der Waals surface area (Å²) in [6, 6.07) is 13.8. The molecule has 0 radical (unpaired) electrons. The lowest BCUT2D eigenvalue weighted by Crippen LogP contribution is -1.93. The number of nitro benzene ring substituents is 1. The van der Waals surface area contributed by atoms with Crippen molar-refractivity contribution in [3.63, 3.8) is 0 Å². The zero-order valence-corrected chi connectivity index (χ0v) is 11.4. The molecule has 2 aromatic carbocycles. The summed E-state index contributed by atoms with van der Waals surface area (Å²) in [5, 5.41) is 14.7. The minimum Gasteiger partial charge on any atom is -0.278 e. The lowest BCUT2D eigenvalue weighted by atomic mass is 10.2. The second-order valence-electron chi connectivity index (χ2n) is 3.73. The molecule has 5 nitrogen and oxygen atoms in total. The van der Waals surface area contributed by atoms with Gasteiger partial charge in [-0.05, 0) is 23.8 Å². The van der Waals surface area contributed by atoms with Crippen LogP contribution in [0.5, 0.6) is 0 Å². The highest BCUT2D eigenvalue weighted by molar-refractivity contribution is 9.10. The Bertz CT molecular complexity index is 629.